The van der Waals surface area contributed by atoms with Crippen LogP contribution < -0.4 is 10.1 Å². The van der Waals surface area contributed by atoms with E-state index in [4.69, 9.17) is 4.74 Å². The van der Waals surface area contributed by atoms with Gasteiger partial charge in [-0.05, 0) is 46.9 Å². The molecule has 1 fully saturated rings. The average molecular weight is 417 g/mol. The molecule has 1 aliphatic rings. The minimum atomic E-state index is -0.171. The number of piperidine rings is 1. The predicted molar refractivity (Wildman–Crippen MR) is 122 cm³/mol. The molecular weight excluding hydrogens is 388 g/mol. The topological polar surface area (TPSA) is 58.6 Å². The van der Waals surface area contributed by atoms with Crippen molar-refractivity contribution in [2.75, 3.05) is 20.2 Å². The van der Waals surface area contributed by atoms with Gasteiger partial charge < -0.3 is 15.0 Å². The van der Waals surface area contributed by atoms with E-state index in [1.807, 2.05) is 53.4 Å². The van der Waals surface area contributed by atoms with E-state index in [0.717, 1.165) is 40.5 Å². The maximum Gasteiger partial charge on any atom is 0.227 e. The van der Waals surface area contributed by atoms with Crippen LogP contribution in [0.4, 0.5) is 0 Å². The maximum atomic E-state index is 13.0. The molecule has 1 heterocycles. The molecule has 1 N–H and O–H groups in total. The molecule has 3 aromatic rings. The molecule has 0 bridgehead atoms. The van der Waals surface area contributed by atoms with E-state index in [2.05, 4.69) is 23.5 Å². The van der Waals surface area contributed by atoms with Crippen molar-refractivity contribution in [3.05, 3.63) is 77.9 Å². The zero-order valence-electron chi connectivity index (χ0n) is 17.8. The second-order valence-corrected chi connectivity index (χ2v) is 8.06. The van der Waals surface area contributed by atoms with E-state index in [1.54, 1.807) is 7.11 Å². The first-order valence-corrected chi connectivity index (χ1v) is 10.8. The van der Waals surface area contributed by atoms with Crippen LogP contribution in [-0.4, -0.2) is 36.9 Å². The normalized spacial score (nSPS) is 16.2. The number of nitrogens with one attached hydrogen (secondary N) is 1. The smallest absolute Gasteiger partial charge is 0.227 e. The van der Waals surface area contributed by atoms with Crippen molar-refractivity contribution in [3.8, 4) is 5.75 Å². The first-order chi connectivity index (χ1) is 15.1. The molecule has 5 nitrogen and oxygen atoms in total. The van der Waals surface area contributed by atoms with Crippen molar-refractivity contribution in [2.45, 2.75) is 25.8 Å². The number of rotatable bonds is 6. The summed E-state index contributed by atoms with van der Waals surface area (Å²) < 4.78 is 5.24. The highest BCUT2D eigenvalue weighted by molar-refractivity contribution is 5.90. The summed E-state index contributed by atoms with van der Waals surface area (Å²) in [6.45, 7) is 1.65. The largest absolute Gasteiger partial charge is 0.497 e. The molecule has 1 saturated heterocycles. The van der Waals surface area contributed by atoms with Crippen LogP contribution in [0.25, 0.3) is 10.8 Å². The van der Waals surface area contributed by atoms with Crippen molar-refractivity contribution in [2.24, 2.45) is 5.92 Å². The van der Waals surface area contributed by atoms with Crippen molar-refractivity contribution in [1.82, 2.24) is 10.2 Å². The van der Waals surface area contributed by atoms with Gasteiger partial charge in [0.1, 0.15) is 5.75 Å². The summed E-state index contributed by atoms with van der Waals surface area (Å²) in [4.78, 5) is 27.6. The number of nitrogens with zero attached hydrogens (tertiary/aromatic N) is 1. The number of fused-ring (bicyclic) bond motifs is 1. The molecule has 4 rings (SSSR count). The number of hydrogen-bond donors (Lipinski definition) is 1. The molecule has 0 saturated carbocycles. The number of methoxy groups -OCH3 is 1. The summed E-state index contributed by atoms with van der Waals surface area (Å²) in [5.41, 5.74) is 2.03. The molecule has 0 spiro atoms. The second kappa shape index (κ2) is 9.65. The third kappa shape index (κ3) is 5.05. The van der Waals surface area contributed by atoms with Crippen LogP contribution in [0.1, 0.15) is 24.0 Å². The molecule has 1 aliphatic heterocycles. The Morgan fingerprint density at radius 2 is 1.87 bits per heavy atom. The van der Waals surface area contributed by atoms with Gasteiger partial charge in [-0.1, -0.05) is 54.6 Å². The quantitative estimate of drug-likeness (QED) is 0.662. The summed E-state index contributed by atoms with van der Waals surface area (Å²) in [6, 6.07) is 21.9. The van der Waals surface area contributed by atoms with Gasteiger partial charge in [0.05, 0.1) is 19.4 Å². The molecule has 0 aliphatic carbocycles. The minimum absolute atomic E-state index is 0.00507. The van der Waals surface area contributed by atoms with E-state index >= 15 is 0 Å². The number of benzene rings is 3. The van der Waals surface area contributed by atoms with Gasteiger partial charge in [0.25, 0.3) is 0 Å². The number of hydrogen-bond acceptors (Lipinski definition) is 3. The fourth-order valence-corrected chi connectivity index (χ4v) is 4.25. The van der Waals surface area contributed by atoms with E-state index in [9.17, 15) is 9.59 Å². The van der Waals surface area contributed by atoms with Gasteiger partial charge in [0.2, 0.25) is 11.8 Å². The Hall–Kier alpha value is -3.34. The molecule has 0 unspecified atom stereocenters. The van der Waals surface area contributed by atoms with Crippen molar-refractivity contribution < 1.29 is 14.3 Å². The maximum absolute atomic E-state index is 13.0. The van der Waals surface area contributed by atoms with Gasteiger partial charge in [-0.15, -0.1) is 0 Å². The summed E-state index contributed by atoms with van der Waals surface area (Å²) >= 11 is 0. The molecule has 160 valence electrons. The molecular formula is C26H28N2O3. The van der Waals surface area contributed by atoms with Crippen LogP contribution in [-0.2, 0) is 22.6 Å². The van der Waals surface area contributed by atoms with Crippen LogP contribution in [0.3, 0.4) is 0 Å². The van der Waals surface area contributed by atoms with Crippen molar-refractivity contribution >= 4 is 22.6 Å². The molecule has 0 aromatic heterocycles. The molecule has 3 aromatic carbocycles. The van der Waals surface area contributed by atoms with Crippen molar-refractivity contribution in [1.29, 1.82) is 0 Å². The first kappa shape index (κ1) is 20.9. The van der Waals surface area contributed by atoms with Gasteiger partial charge in [-0.3, -0.25) is 9.59 Å². The Balaban J connectivity index is 1.36. The van der Waals surface area contributed by atoms with Gasteiger partial charge in [-0.25, -0.2) is 0 Å². The highest BCUT2D eigenvalue weighted by Gasteiger charge is 2.28. The van der Waals surface area contributed by atoms with E-state index in [0.29, 0.717) is 26.1 Å². The lowest BCUT2D eigenvalue weighted by atomic mass is 9.95. The average Bonchev–Trinajstić information content (AvgIpc) is 2.83. The summed E-state index contributed by atoms with van der Waals surface area (Å²) in [5.74, 6) is 0.692. The number of amides is 2. The zero-order chi connectivity index (χ0) is 21.6. The van der Waals surface area contributed by atoms with Crippen LogP contribution in [0, 0.1) is 5.92 Å². The monoisotopic (exact) mass is 416 g/mol. The number of carbonyl (C=O) groups excluding carboxylic acids is 2. The van der Waals surface area contributed by atoms with Gasteiger partial charge in [-0.2, -0.15) is 0 Å². The Labute approximate surface area is 183 Å². The third-order valence-corrected chi connectivity index (χ3v) is 5.97. The minimum Gasteiger partial charge on any atom is -0.497 e. The summed E-state index contributed by atoms with van der Waals surface area (Å²) in [6.07, 6.45) is 2.01. The third-order valence-electron chi connectivity index (χ3n) is 5.97. The van der Waals surface area contributed by atoms with Crippen LogP contribution in [0.2, 0.25) is 0 Å². The zero-order valence-corrected chi connectivity index (χ0v) is 17.8. The van der Waals surface area contributed by atoms with Crippen LogP contribution in [0.5, 0.6) is 5.75 Å². The number of likely N-dealkylation sites (tertiary alicyclic amines) is 1. The number of carbonyl (C=O) groups is 2. The molecule has 31 heavy (non-hydrogen) atoms. The van der Waals surface area contributed by atoms with Crippen LogP contribution in [0.15, 0.2) is 66.7 Å². The summed E-state index contributed by atoms with van der Waals surface area (Å²) in [5, 5.41) is 5.27. The van der Waals surface area contributed by atoms with E-state index in [1.165, 1.54) is 0 Å². The lowest BCUT2D eigenvalue weighted by Gasteiger charge is -2.32. The van der Waals surface area contributed by atoms with Gasteiger partial charge in [0.15, 0.2) is 0 Å². The van der Waals surface area contributed by atoms with Crippen molar-refractivity contribution in [3.63, 3.8) is 0 Å². The lowest BCUT2D eigenvalue weighted by Crippen LogP contribution is -2.45. The SMILES string of the molecule is COc1cccc(CNC(=O)[C@H]2CCCN(C(=O)Cc3cccc4ccccc34)C2)c1. The molecule has 5 heteroatoms. The first-order valence-electron chi connectivity index (χ1n) is 10.8. The molecule has 0 radical (unpaired) electrons. The fourth-order valence-electron chi connectivity index (χ4n) is 4.25. The standard InChI is InChI=1S/C26H28N2O3/c1-31-23-12-4-7-19(15-23)17-27-26(30)22-11-6-14-28(18-22)25(29)16-21-10-5-9-20-8-2-3-13-24(20)21/h2-5,7-10,12-13,15,22H,6,11,14,16-18H2,1H3,(H,27,30)/t22-/m0/s1. The van der Waals surface area contributed by atoms with E-state index in [-0.39, 0.29) is 17.7 Å². The summed E-state index contributed by atoms with van der Waals surface area (Å²) in [7, 11) is 1.63. The second-order valence-electron chi connectivity index (χ2n) is 8.06. The van der Waals surface area contributed by atoms with Gasteiger partial charge >= 0.3 is 0 Å². The lowest BCUT2D eigenvalue weighted by molar-refractivity contribution is -0.135. The molecule has 1 atom stereocenters. The predicted octanol–water partition coefficient (Wildman–Crippen LogP) is 3.95. The van der Waals surface area contributed by atoms with Gasteiger partial charge in [0, 0.05) is 19.6 Å². The Bertz CT molecular complexity index is 1070. The Kier molecular flexibility index (Phi) is 6.51. The van der Waals surface area contributed by atoms with Crippen LogP contribution >= 0.6 is 0 Å². The number of ether oxygens (including phenoxy) is 1. The highest BCUT2D eigenvalue weighted by Crippen LogP contribution is 2.22. The fraction of sp³-hybridized carbons (Fsp3) is 0.308. The Morgan fingerprint density at radius 1 is 1.06 bits per heavy atom. The highest BCUT2D eigenvalue weighted by atomic mass is 16.5. The van der Waals surface area contributed by atoms with E-state index < -0.39 is 0 Å². The molecule has 2 amide bonds. The Morgan fingerprint density at radius 3 is 2.74 bits per heavy atom.